The maximum Gasteiger partial charge on any atom is 0.338 e. The lowest BCUT2D eigenvalue weighted by atomic mass is 10.0. The number of thiazole rings is 1. The number of rotatable bonds is 5. The minimum absolute atomic E-state index is 0.126. The highest BCUT2D eigenvalue weighted by atomic mass is 32.1. The second kappa shape index (κ2) is 7.02. The van der Waals surface area contributed by atoms with E-state index in [9.17, 15) is 9.59 Å². The van der Waals surface area contributed by atoms with Gasteiger partial charge in [-0.3, -0.25) is 4.90 Å². The molecule has 1 atom stereocenters. The minimum Gasteiger partial charge on any atom is -0.463 e. The molecule has 0 unspecified atom stereocenters. The standard InChI is InChI=1S/C19H25N3O3S/c1-3-25-18(23)15-11(2)22(13-8-9-13)19(24)21-16(15)14-10-20-17(26-14)12-6-4-5-7-12/h10,12-13,16H,3-9H2,1-2H3,(H,21,24)/t16-/m1/s1. The van der Waals surface area contributed by atoms with Crippen molar-refractivity contribution < 1.29 is 14.3 Å². The summed E-state index contributed by atoms with van der Waals surface area (Å²) in [6, 6.07) is -0.390. The molecule has 26 heavy (non-hydrogen) atoms. The van der Waals surface area contributed by atoms with Crippen LogP contribution in [0.5, 0.6) is 0 Å². The molecule has 2 aliphatic carbocycles. The highest BCUT2D eigenvalue weighted by Crippen LogP contribution is 2.41. The fourth-order valence-electron chi connectivity index (χ4n) is 4.01. The van der Waals surface area contributed by atoms with Crippen LogP contribution < -0.4 is 5.32 Å². The Bertz CT molecular complexity index is 747. The molecule has 0 bridgehead atoms. The van der Waals surface area contributed by atoms with Crippen LogP contribution in [0.4, 0.5) is 4.79 Å². The van der Waals surface area contributed by atoms with E-state index in [0.29, 0.717) is 18.1 Å². The molecule has 0 aromatic carbocycles. The van der Waals surface area contributed by atoms with Gasteiger partial charge in [-0.2, -0.15) is 0 Å². The van der Waals surface area contributed by atoms with Crippen molar-refractivity contribution in [3.63, 3.8) is 0 Å². The number of nitrogens with zero attached hydrogens (tertiary/aromatic N) is 2. The summed E-state index contributed by atoms with van der Waals surface area (Å²) < 4.78 is 5.30. The van der Waals surface area contributed by atoms with Crippen molar-refractivity contribution in [1.29, 1.82) is 0 Å². The maximum absolute atomic E-state index is 12.7. The number of nitrogens with one attached hydrogen (secondary N) is 1. The van der Waals surface area contributed by atoms with Gasteiger partial charge in [0.2, 0.25) is 0 Å². The van der Waals surface area contributed by atoms with Gasteiger partial charge in [0.05, 0.1) is 22.1 Å². The van der Waals surface area contributed by atoms with Crippen LogP contribution in [0, 0.1) is 0 Å². The number of hydrogen-bond donors (Lipinski definition) is 1. The van der Waals surface area contributed by atoms with Crippen molar-refractivity contribution in [2.24, 2.45) is 0 Å². The number of carbonyl (C=O) groups is 2. The molecular formula is C19H25N3O3S. The monoisotopic (exact) mass is 375 g/mol. The predicted molar refractivity (Wildman–Crippen MR) is 98.8 cm³/mol. The summed E-state index contributed by atoms with van der Waals surface area (Å²) >= 11 is 1.62. The van der Waals surface area contributed by atoms with E-state index < -0.39 is 6.04 Å². The zero-order valence-corrected chi connectivity index (χ0v) is 16.1. The molecule has 2 saturated carbocycles. The first-order valence-corrected chi connectivity index (χ1v) is 10.3. The van der Waals surface area contributed by atoms with Crippen molar-refractivity contribution in [3.8, 4) is 0 Å². The lowest BCUT2D eigenvalue weighted by Gasteiger charge is -2.34. The van der Waals surface area contributed by atoms with Crippen LogP contribution in [0.2, 0.25) is 0 Å². The topological polar surface area (TPSA) is 71.5 Å². The molecule has 7 heteroatoms. The summed E-state index contributed by atoms with van der Waals surface area (Å²) in [5, 5.41) is 4.15. The molecule has 2 fully saturated rings. The molecule has 1 aromatic rings. The van der Waals surface area contributed by atoms with Crippen molar-refractivity contribution >= 4 is 23.3 Å². The van der Waals surface area contributed by atoms with Crippen LogP contribution in [0.1, 0.15) is 74.2 Å². The van der Waals surface area contributed by atoms with Gasteiger partial charge in [-0.15, -0.1) is 11.3 Å². The molecule has 0 radical (unpaired) electrons. The molecule has 1 aromatic heterocycles. The lowest BCUT2D eigenvalue weighted by molar-refractivity contribution is -0.139. The number of esters is 1. The Morgan fingerprint density at radius 3 is 2.73 bits per heavy atom. The fourth-order valence-corrected chi connectivity index (χ4v) is 5.16. The van der Waals surface area contributed by atoms with Crippen molar-refractivity contribution in [3.05, 3.63) is 27.4 Å². The molecule has 2 amide bonds. The second-order valence-corrected chi connectivity index (χ2v) is 8.38. The first-order valence-electron chi connectivity index (χ1n) is 9.53. The van der Waals surface area contributed by atoms with Crippen LogP contribution in [0.3, 0.4) is 0 Å². The molecule has 140 valence electrons. The van der Waals surface area contributed by atoms with Crippen molar-refractivity contribution in [1.82, 2.24) is 15.2 Å². The molecule has 2 heterocycles. The van der Waals surface area contributed by atoms with Crippen molar-refractivity contribution in [2.45, 2.75) is 70.4 Å². The van der Waals surface area contributed by atoms with Gasteiger partial charge < -0.3 is 10.1 Å². The highest BCUT2D eigenvalue weighted by Gasteiger charge is 2.43. The zero-order valence-electron chi connectivity index (χ0n) is 15.3. The Morgan fingerprint density at radius 1 is 1.35 bits per heavy atom. The van der Waals surface area contributed by atoms with E-state index in [4.69, 9.17) is 4.74 Å². The number of ether oxygens (including phenoxy) is 1. The van der Waals surface area contributed by atoms with E-state index in [1.54, 1.807) is 23.2 Å². The number of hydrogen-bond acceptors (Lipinski definition) is 5. The summed E-state index contributed by atoms with van der Waals surface area (Å²) in [4.78, 5) is 32.6. The summed E-state index contributed by atoms with van der Waals surface area (Å²) in [6.07, 6.45) is 8.66. The van der Waals surface area contributed by atoms with Gasteiger partial charge in [0.1, 0.15) is 6.04 Å². The zero-order chi connectivity index (χ0) is 18.3. The minimum atomic E-state index is -0.468. The third-order valence-electron chi connectivity index (χ3n) is 5.46. The van der Waals surface area contributed by atoms with Gasteiger partial charge in [0.25, 0.3) is 0 Å². The largest absolute Gasteiger partial charge is 0.463 e. The number of urea groups is 1. The Morgan fingerprint density at radius 2 is 2.08 bits per heavy atom. The van der Waals surface area contributed by atoms with Gasteiger partial charge >= 0.3 is 12.0 Å². The normalized spacial score (nSPS) is 24.2. The molecule has 0 saturated heterocycles. The molecule has 4 rings (SSSR count). The van der Waals surface area contributed by atoms with Gasteiger partial charge in [0.15, 0.2) is 0 Å². The van der Waals surface area contributed by atoms with Gasteiger partial charge in [-0.05, 0) is 39.5 Å². The third kappa shape index (κ3) is 3.13. The number of amides is 2. The Labute approximate surface area is 157 Å². The maximum atomic E-state index is 12.7. The quantitative estimate of drug-likeness (QED) is 0.793. The van der Waals surface area contributed by atoms with E-state index >= 15 is 0 Å². The van der Waals surface area contributed by atoms with E-state index in [0.717, 1.165) is 28.4 Å². The highest BCUT2D eigenvalue weighted by molar-refractivity contribution is 7.11. The number of allylic oxidation sites excluding steroid dienone is 1. The summed E-state index contributed by atoms with van der Waals surface area (Å²) in [5.41, 5.74) is 1.26. The SMILES string of the molecule is CCOC(=O)C1=C(C)N(C2CC2)C(=O)N[C@@H]1c1cnc(C2CCCC2)s1. The number of aromatic nitrogens is 1. The summed E-state index contributed by atoms with van der Waals surface area (Å²) in [7, 11) is 0. The summed E-state index contributed by atoms with van der Waals surface area (Å²) in [6.45, 7) is 3.97. The Kier molecular flexibility index (Phi) is 4.73. The Hall–Kier alpha value is -1.89. The van der Waals surface area contributed by atoms with E-state index in [1.807, 2.05) is 13.1 Å². The van der Waals surface area contributed by atoms with Crippen molar-refractivity contribution in [2.75, 3.05) is 6.61 Å². The molecule has 1 N–H and O–H groups in total. The molecule has 1 aliphatic heterocycles. The third-order valence-corrected chi connectivity index (χ3v) is 6.69. The van der Waals surface area contributed by atoms with Gasteiger partial charge in [-0.1, -0.05) is 12.8 Å². The average Bonchev–Trinajstić information content (AvgIpc) is 3.11. The second-order valence-electron chi connectivity index (χ2n) is 7.29. The average molecular weight is 375 g/mol. The van der Waals surface area contributed by atoms with Crippen LogP contribution >= 0.6 is 11.3 Å². The van der Waals surface area contributed by atoms with Gasteiger partial charge in [-0.25, -0.2) is 14.6 Å². The Balaban J connectivity index is 1.68. The molecule has 0 spiro atoms. The number of carbonyl (C=O) groups excluding carboxylic acids is 2. The van der Waals surface area contributed by atoms with E-state index in [1.165, 1.54) is 25.7 Å². The van der Waals surface area contributed by atoms with Crippen LogP contribution in [-0.4, -0.2) is 34.5 Å². The van der Waals surface area contributed by atoms with E-state index in [2.05, 4.69) is 10.3 Å². The smallest absolute Gasteiger partial charge is 0.338 e. The molecular weight excluding hydrogens is 350 g/mol. The van der Waals surface area contributed by atoms with Crippen LogP contribution in [0.15, 0.2) is 17.5 Å². The predicted octanol–water partition coefficient (Wildman–Crippen LogP) is 3.87. The summed E-state index contributed by atoms with van der Waals surface area (Å²) in [5.74, 6) is 0.170. The van der Waals surface area contributed by atoms with E-state index in [-0.39, 0.29) is 18.0 Å². The first-order chi connectivity index (χ1) is 12.6. The lowest BCUT2D eigenvalue weighted by Crippen LogP contribution is -2.48. The first kappa shape index (κ1) is 17.5. The molecule has 6 nitrogen and oxygen atoms in total. The van der Waals surface area contributed by atoms with Crippen LogP contribution in [0.25, 0.3) is 0 Å². The fraction of sp³-hybridized carbons (Fsp3) is 0.632. The van der Waals surface area contributed by atoms with Crippen LogP contribution in [-0.2, 0) is 9.53 Å². The molecule has 3 aliphatic rings. The van der Waals surface area contributed by atoms with Gasteiger partial charge in [0, 0.05) is 23.9 Å².